The zero-order valence-electron chi connectivity index (χ0n) is 7.01. The van der Waals surface area contributed by atoms with Crippen molar-refractivity contribution in [3.63, 3.8) is 0 Å². The Bertz CT molecular complexity index is 254. The summed E-state index contributed by atoms with van der Waals surface area (Å²) in [6, 6.07) is 3.63. The molecule has 0 unspecified atom stereocenters. The molecule has 1 aromatic heterocycles. The van der Waals surface area contributed by atoms with Crippen molar-refractivity contribution in [3.05, 3.63) is 28.0 Å². The molecule has 1 rings (SSSR count). The van der Waals surface area contributed by atoms with E-state index in [1.54, 1.807) is 0 Å². The summed E-state index contributed by atoms with van der Waals surface area (Å²) in [5, 5.41) is 0.888. The van der Waals surface area contributed by atoms with Gasteiger partial charge in [0.2, 0.25) is 0 Å². The third-order valence-electron chi connectivity index (χ3n) is 1.32. The van der Waals surface area contributed by atoms with Gasteiger partial charge in [-0.15, -0.1) is 0 Å². The summed E-state index contributed by atoms with van der Waals surface area (Å²) in [4.78, 5) is 5.90. The van der Waals surface area contributed by atoms with Crippen molar-refractivity contribution in [2.24, 2.45) is 0 Å². The first-order chi connectivity index (χ1) is 5.58. The second-order valence-corrected chi connectivity index (χ2v) is 3.63. The lowest BCUT2D eigenvalue weighted by Crippen LogP contribution is -2.10. The number of pyridine rings is 1. The number of aromatic nitrogens is 1. The summed E-state index contributed by atoms with van der Waals surface area (Å²) in [5.74, 6) is 0. The van der Waals surface area contributed by atoms with Crippen LogP contribution >= 0.6 is 23.2 Å². The van der Waals surface area contributed by atoms with Crippen LogP contribution in [0.1, 0.15) is 5.56 Å². The number of hydrogen-bond donors (Lipinski definition) is 0. The predicted molar refractivity (Wildman–Crippen MR) is 51.6 cm³/mol. The van der Waals surface area contributed by atoms with Gasteiger partial charge in [-0.1, -0.05) is 23.2 Å². The van der Waals surface area contributed by atoms with E-state index in [2.05, 4.69) is 4.98 Å². The average molecular weight is 205 g/mol. The van der Waals surface area contributed by atoms with E-state index in [9.17, 15) is 0 Å². The first-order valence-electron chi connectivity index (χ1n) is 3.54. The lowest BCUT2D eigenvalue weighted by Gasteiger charge is -2.09. The summed E-state index contributed by atoms with van der Waals surface area (Å²) >= 11 is 11.4. The Morgan fingerprint density at radius 3 is 2.17 bits per heavy atom. The van der Waals surface area contributed by atoms with Gasteiger partial charge in [-0.2, -0.15) is 0 Å². The van der Waals surface area contributed by atoms with E-state index in [0.29, 0.717) is 10.3 Å². The Kier molecular flexibility index (Phi) is 3.32. The molecule has 0 N–H and O–H groups in total. The maximum Gasteiger partial charge on any atom is 0.131 e. The van der Waals surface area contributed by atoms with E-state index in [1.807, 2.05) is 31.1 Å². The van der Waals surface area contributed by atoms with Crippen LogP contribution in [0.15, 0.2) is 12.1 Å². The molecular weight excluding hydrogens is 195 g/mol. The molecule has 0 aliphatic carbocycles. The highest BCUT2D eigenvalue weighted by molar-refractivity contribution is 6.32. The van der Waals surface area contributed by atoms with E-state index >= 15 is 0 Å². The molecule has 0 bridgehead atoms. The van der Waals surface area contributed by atoms with Crippen LogP contribution < -0.4 is 0 Å². The molecule has 0 aromatic carbocycles. The van der Waals surface area contributed by atoms with Gasteiger partial charge >= 0.3 is 0 Å². The molecule has 12 heavy (non-hydrogen) atoms. The number of hydrogen-bond acceptors (Lipinski definition) is 2. The minimum absolute atomic E-state index is 0.444. The standard InChI is InChI=1S/C8H10Cl2N2/c1-12(2)5-6-3-7(9)11-8(10)4-6/h3-4H,5H2,1-2H3. The smallest absolute Gasteiger partial charge is 0.131 e. The number of halogens is 2. The first-order valence-corrected chi connectivity index (χ1v) is 4.30. The Morgan fingerprint density at radius 2 is 1.75 bits per heavy atom. The van der Waals surface area contributed by atoms with Crippen LogP contribution in [0.2, 0.25) is 10.3 Å². The highest BCUT2D eigenvalue weighted by Crippen LogP contribution is 2.15. The molecule has 0 saturated heterocycles. The second-order valence-electron chi connectivity index (χ2n) is 2.86. The van der Waals surface area contributed by atoms with Gasteiger partial charge in [0.25, 0.3) is 0 Å². The van der Waals surface area contributed by atoms with Crippen LogP contribution in [-0.2, 0) is 6.54 Å². The highest BCUT2D eigenvalue weighted by atomic mass is 35.5. The van der Waals surface area contributed by atoms with Crippen LogP contribution in [-0.4, -0.2) is 24.0 Å². The van der Waals surface area contributed by atoms with Gasteiger partial charge in [0.05, 0.1) is 0 Å². The van der Waals surface area contributed by atoms with Crippen LogP contribution in [0.4, 0.5) is 0 Å². The molecule has 66 valence electrons. The zero-order chi connectivity index (χ0) is 9.14. The summed E-state index contributed by atoms with van der Waals surface area (Å²) in [5.41, 5.74) is 1.07. The quantitative estimate of drug-likeness (QED) is 0.689. The number of rotatable bonds is 2. The summed E-state index contributed by atoms with van der Waals surface area (Å²) in [6.07, 6.45) is 0. The van der Waals surface area contributed by atoms with Crippen molar-refractivity contribution in [2.75, 3.05) is 14.1 Å². The average Bonchev–Trinajstić information content (AvgIpc) is 1.81. The van der Waals surface area contributed by atoms with Crippen molar-refractivity contribution in [3.8, 4) is 0 Å². The molecule has 0 amide bonds. The monoisotopic (exact) mass is 204 g/mol. The molecule has 0 radical (unpaired) electrons. The Labute approximate surface area is 82.1 Å². The third kappa shape index (κ3) is 2.97. The van der Waals surface area contributed by atoms with Crippen molar-refractivity contribution in [1.29, 1.82) is 0 Å². The SMILES string of the molecule is CN(C)Cc1cc(Cl)nc(Cl)c1. The van der Waals surface area contributed by atoms with Gasteiger partial charge in [0, 0.05) is 6.54 Å². The summed E-state index contributed by atoms with van der Waals surface area (Å²) in [6.45, 7) is 0.821. The lowest BCUT2D eigenvalue weighted by atomic mass is 10.2. The van der Waals surface area contributed by atoms with Gasteiger partial charge in [0.1, 0.15) is 10.3 Å². The minimum Gasteiger partial charge on any atom is -0.305 e. The molecule has 2 nitrogen and oxygen atoms in total. The molecule has 0 aliphatic rings. The Morgan fingerprint density at radius 1 is 1.25 bits per heavy atom. The van der Waals surface area contributed by atoms with E-state index in [0.717, 1.165) is 12.1 Å². The minimum atomic E-state index is 0.444. The normalized spacial score (nSPS) is 10.8. The van der Waals surface area contributed by atoms with Gasteiger partial charge in [0.15, 0.2) is 0 Å². The molecule has 0 spiro atoms. The van der Waals surface area contributed by atoms with Crippen LogP contribution in [0.3, 0.4) is 0 Å². The van der Waals surface area contributed by atoms with Gasteiger partial charge in [-0.25, -0.2) is 4.98 Å². The third-order valence-corrected chi connectivity index (χ3v) is 1.71. The zero-order valence-corrected chi connectivity index (χ0v) is 8.52. The second kappa shape index (κ2) is 4.08. The van der Waals surface area contributed by atoms with Crippen molar-refractivity contribution < 1.29 is 0 Å². The van der Waals surface area contributed by atoms with Crippen LogP contribution in [0.5, 0.6) is 0 Å². The summed E-state index contributed by atoms with van der Waals surface area (Å²) < 4.78 is 0. The molecule has 0 aliphatic heterocycles. The van der Waals surface area contributed by atoms with Crippen LogP contribution in [0.25, 0.3) is 0 Å². The fraction of sp³-hybridized carbons (Fsp3) is 0.375. The maximum absolute atomic E-state index is 5.72. The Balaban J connectivity index is 2.85. The fourth-order valence-electron chi connectivity index (χ4n) is 0.971. The first kappa shape index (κ1) is 9.78. The molecule has 4 heteroatoms. The molecule has 0 fully saturated rings. The van der Waals surface area contributed by atoms with Crippen LogP contribution in [0, 0.1) is 0 Å². The molecule has 1 heterocycles. The van der Waals surface area contributed by atoms with Crippen molar-refractivity contribution >= 4 is 23.2 Å². The Hall–Kier alpha value is -0.310. The number of nitrogens with zero attached hydrogens (tertiary/aromatic N) is 2. The van der Waals surface area contributed by atoms with E-state index in [1.165, 1.54) is 0 Å². The fourth-order valence-corrected chi connectivity index (χ4v) is 1.48. The molecule has 0 saturated carbocycles. The summed E-state index contributed by atoms with van der Waals surface area (Å²) in [7, 11) is 3.98. The highest BCUT2D eigenvalue weighted by Gasteiger charge is 1.99. The van der Waals surface area contributed by atoms with Gasteiger partial charge in [-0.3, -0.25) is 0 Å². The van der Waals surface area contributed by atoms with E-state index in [4.69, 9.17) is 23.2 Å². The van der Waals surface area contributed by atoms with Crippen molar-refractivity contribution in [2.45, 2.75) is 6.54 Å². The lowest BCUT2D eigenvalue weighted by molar-refractivity contribution is 0.402. The molecule has 1 aromatic rings. The van der Waals surface area contributed by atoms with E-state index in [-0.39, 0.29) is 0 Å². The topological polar surface area (TPSA) is 16.1 Å². The van der Waals surface area contributed by atoms with Crippen molar-refractivity contribution in [1.82, 2.24) is 9.88 Å². The maximum atomic E-state index is 5.72. The van der Waals surface area contributed by atoms with E-state index < -0.39 is 0 Å². The largest absolute Gasteiger partial charge is 0.305 e. The van der Waals surface area contributed by atoms with Gasteiger partial charge < -0.3 is 4.90 Å². The predicted octanol–water partition coefficient (Wildman–Crippen LogP) is 2.45. The molecular formula is C8H10Cl2N2. The van der Waals surface area contributed by atoms with Gasteiger partial charge in [-0.05, 0) is 31.8 Å². The molecule has 0 atom stereocenters.